The number of carbonyl (C=O) groups is 2. The summed E-state index contributed by atoms with van der Waals surface area (Å²) in [5.41, 5.74) is 5.62. The number of benzene rings is 3. The molecule has 2 amide bonds. The van der Waals surface area contributed by atoms with Crippen LogP contribution in [0.5, 0.6) is 11.5 Å². The van der Waals surface area contributed by atoms with E-state index >= 15 is 0 Å². The zero-order chi connectivity index (χ0) is 42.6. The third-order valence-corrected chi connectivity index (χ3v) is 14.0. The Bertz CT molecular complexity index is 2660. The average molecular weight is 876 g/mol. The van der Waals surface area contributed by atoms with Crippen LogP contribution in [0.3, 0.4) is 0 Å². The van der Waals surface area contributed by atoms with E-state index in [1.54, 1.807) is 48.8 Å². The number of nitrogens with one attached hydrogen (secondary N) is 3. The highest BCUT2D eigenvalue weighted by Crippen LogP contribution is 2.33. The monoisotopic (exact) mass is 875 g/mol. The summed E-state index contributed by atoms with van der Waals surface area (Å²) in [4.78, 5) is 42.1. The van der Waals surface area contributed by atoms with Gasteiger partial charge in [0.1, 0.15) is 22.0 Å². The van der Waals surface area contributed by atoms with Gasteiger partial charge in [0.25, 0.3) is 21.8 Å². The van der Waals surface area contributed by atoms with Crippen LogP contribution in [0.2, 0.25) is 0 Å². The van der Waals surface area contributed by atoms with Crippen molar-refractivity contribution >= 4 is 61.3 Å². The summed E-state index contributed by atoms with van der Waals surface area (Å²) in [5.74, 6) is 0.0472. The molecule has 6 heterocycles. The zero-order valence-electron chi connectivity index (χ0n) is 33.9. The first-order valence-corrected chi connectivity index (χ1v) is 23.0. The van der Waals surface area contributed by atoms with Crippen molar-refractivity contribution < 1.29 is 38.2 Å². The van der Waals surface area contributed by atoms with Gasteiger partial charge < -0.3 is 29.6 Å². The topological polar surface area (TPSA) is 186 Å². The fourth-order valence-electron chi connectivity index (χ4n) is 8.43. The summed E-state index contributed by atoms with van der Waals surface area (Å²) in [6.07, 6.45) is 5.91. The summed E-state index contributed by atoms with van der Waals surface area (Å²) in [5, 5.41) is 17.1. The van der Waals surface area contributed by atoms with E-state index in [1.165, 1.54) is 34.6 Å². The van der Waals surface area contributed by atoms with E-state index in [9.17, 15) is 23.2 Å². The van der Waals surface area contributed by atoms with E-state index < -0.39 is 15.9 Å². The molecule has 0 radical (unpaired) electrons. The molecule has 6 aromatic rings. The number of quaternary nitrogens is 1. The minimum Gasteiger partial charge on any atom is -0.455 e. The molecule has 320 valence electrons. The van der Waals surface area contributed by atoms with Crippen LogP contribution in [0.25, 0.3) is 11.0 Å². The lowest BCUT2D eigenvalue weighted by atomic mass is 9.93. The molecule has 17 heteroatoms. The summed E-state index contributed by atoms with van der Waals surface area (Å²) >= 11 is 1.29. The van der Waals surface area contributed by atoms with Crippen LogP contribution in [0.15, 0.2) is 96.2 Å². The maximum Gasteiger partial charge on any atom is 0.268 e. The molecule has 1 atom stereocenters. The van der Waals surface area contributed by atoms with Crippen LogP contribution in [-0.4, -0.2) is 104 Å². The minimum absolute atomic E-state index is 0.00108. The summed E-state index contributed by atoms with van der Waals surface area (Å²) in [7, 11) is -4.38. The molecule has 1 unspecified atom stereocenters. The third kappa shape index (κ3) is 9.12. The number of pyridine rings is 1. The zero-order valence-corrected chi connectivity index (χ0v) is 35.5. The normalized spacial score (nSPS) is 17.3. The molecule has 3 aliphatic heterocycles. The minimum atomic E-state index is -4.38. The van der Waals surface area contributed by atoms with Crippen molar-refractivity contribution in [2.75, 3.05) is 62.7 Å². The second-order valence-electron chi connectivity index (χ2n) is 15.8. The van der Waals surface area contributed by atoms with Gasteiger partial charge in [0, 0.05) is 101 Å². The Morgan fingerprint density at radius 2 is 1.84 bits per heavy atom. The van der Waals surface area contributed by atoms with Gasteiger partial charge in [0.15, 0.2) is 5.69 Å². The number of H-pyrrole nitrogens is 1. The number of nitrogens with two attached hydrogens (primary N) is 1. The van der Waals surface area contributed by atoms with Gasteiger partial charge in [0.05, 0.1) is 22.3 Å². The van der Waals surface area contributed by atoms with Crippen LogP contribution in [0.1, 0.15) is 44.0 Å². The van der Waals surface area contributed by atoms with Crippen LogP contribution in [0.4, 0.5) is 17.1 Å². The van der Waals surface area contributed by atoms with Crippen molar-refractivity contribution in [1.29, 1.82) is 0 Å². The predicted molar refractivity (Wildman–Crippen MR) is 234 cm³/mol. The van der Waals surface area contributed by atoms with Gasteiger partial charge in [-0.1, -0.05) is 41.7 Å². The SMILES string of the molecule is O=C(NS(=O)(=O)c1ccc(NCC2CCOCC2)c([NH2+]O)c1)c1ccc(N2CCN(CC3Cc4ccccc4CN3C(=O)c3cc#cs3)CC2)cc1Oc1cnc2[nH]ccc2c1. The lowest BCUT2D eigenvalue weighted by Gasteiger charge is -2.42. The van der Waals surface area contributed by atoms with Crippen LogP contribution >= 0.6 is 11.3 Å². The number of carbonyl (C=O) groups excluding carboxylic acids is 2. The molecular formula is C45H47N8O7S2+. The lowest BCUT2D eigenvalue weighted by molar-refractivity contribution is -0.825. The number of aromatic nitrogens is 2. The molecular weight excluding hydrogens is 829 g/mol. The number of nitrogens with zero attached hydrogens (tertiary/aromatic N) is 4. The Kier molecular flexibility index (Phi) is 12.1. The molecule has 6 N–H and O–H groups in total. The van der Waals surface area contributed by atoms with Gasteiger partial charge in [-0.25, -0.2) is 23.3 Å². The number of rotatable bonds is 13. The first-order valence-electron chi connectivity index (χ1n) is 20.7. The fourth-order valence-corrected chi connectivity index (χ4v) is 9.98. The number of anilines is 2. The number of aromatic amines is 1. The van der Waals surface area contributed by atoms with Gasteiger partial charge in [-0.15, -0.1) is 0 Å². The van der Waals surface area contributed by atoms with Crippen molar-refractivity contribution in [3.63, 3.8) is 0 Å². The van der Waals surface area contributed by atoms with E-state index in [2.05, 4.69) is 59.5 Å². The summed E-state index contributed by atoms with van der Waals surface area (Å²) in [6.45, 7) is 6.14. The van der Waals surface area contributed by atoms with Gasteiger partial charge >= 0.3 is 0 Å². The Morgan fingerprint density at radius 1 is 1.02 bits per heavy atom. The Morgan fingerprint density at radius 3 is 2.63 bits per heavy atom. The van der Waals surface area contributed by atoms with Gasteiger partial charge in [-0.05, 0) is 78.1 Å². The molecule has 62 heavy (non-hydrogen) atoms. The molecule has 3 aromatic heterocycles. The van der Waals surface area contributed by atoms with Crippen molar-refractivity contribution in [3.05, 3.63) is 124 Å². The average Bonchev–Trinajstić information content (AvgIpc) is 4.02. The summed E-state index contributed by atoms with van der Waals surface area (Å²) < 4.78 is 41.4. The quantitative estimate of drug-likeness (QED) is 0.0782. The lowest BCUT2D eigenvalue weighted by Crippen LogP contribution is -2.74. The maximum atomic E-state index is 13.9. The second kappa shape index (κ2) is 18.2. The Labute approximate surface area is 363 Å². The molecule has 0 saturated carbocycles. The van der Waals surface area contributed by atoms with E-state index in [0.717, 1.165) is 55.5 Å². The largest absolute Gasteiger partial charge is 0.455 e. The molecule has 9 rings (SSSR count). The van der Waals surface area contributed by atoms with Gasteiger partial charge in [0.2, 0.25) is 0 Å². The fraction of sp³-hybridized carbons (Fsp3) is 0.311. The van der Waals surface area contributed by atoms with E-state index in [0.29, 0.717) is 67.3 Å². The summed E-state index contributed by atoms with van der Waals surface area (Å²) in [6, 6.07) is 26.0. The Hall–Kier alpha value is -6.00. The van der Waals surface area contributed by atoms with E-state index in [1.807, 2.05) is 17.0 Å². The molecule has 15 nitrogen and oxygen atoms in total. The Balaban J connectivity index is 0.911. The number of hydrogen-bond acceptors (Lipinski definition) is 12. The number of piperazine rings is 1. The number of fused-ring (bicyclic) bond motifs is 2. The van der Waals surface area contributed by atoms with Gasteiger partial charge in [-0.2, -0.15) is 5.48 Å². The molecule has 0 bridgehead atoms. The van der Waals surface area contributed by atoms with Crippen molar-refractivity contribution in [3.8, 4) is 11.5 Å². The van der Waals surface area contributed by atoms with Crippen molar-refractivity contribution in [2.45, 2.75) is 36.7 Å². The first-order chi connectivity index (χ1) is 30.2. The van der Waals surface area contributed by atoms with Gasteiger partial charge in [-0.3, -0.25) is 14.5 Å². The molecule has 3 aromatic carbocycles. The van der Waals surface area contributed by atoms with Crippen LogP contribution < -0.4 is 25.2 Å². The standard InChI is InChI=1S/C45H46N8O7S2/c54-44(50-62(57,58)37-8-10-39(40(25-37)49-56)47-26-30-12-19-59-20-13-30)38-9-7-34(24-41(38)60-36-23-32-11-14-46-43(32)48-27-36)52-17-15-51(16-18-52)29-35-22-31-4-1-2-5-33(31)28-53(35)45(55)42-6-3-21-61-42/h1-2,4-11,14,23-25,27,30,35,47,49,56H,12-13,15-20,22,26,28-29H2,(H,46,48)(H,50,54)/p+1. The van der Waals surface area contributed by atoms with E-state index in [4.69, 9.17) is 9.47 Å². The smallest absolute Gasteiger partial charge is 0.268 e. The van der Waals surface area contributed by atoms with Crippen molar-refractivity contribution in [2.24, 2.45) is 5.92 Å². The molecule has 0 aliphatic carbocycles. The first kappa shape index (κ1) is 41.4. The second-order valence-corrected chi connectivity index (χ2v) is 18.4. The molecule has 2 saturated heterocycles. The predicted octanol–water partition coefficient (Wildman–Crippen LogP) is 4.95. The highest BCUT2D eigenvalue weighted by Gasteiger charge is 2.33. The van der Waals surface area contributed by atoms with E-state index in [-0.39, 0.29) is 33.8 Å². The highest BCUT2D eigenvalue weighted by molar-refractivity contribution is 7.90. The number of ether oxygens (including phenoxy) is 2. The number of amides is 2. The highest BCUT2D eigenvalue weighted by atomic mass is 32.2. The number of sulfonamides is 1. The molecule has 2 fully saturated rings. The molecule has 0 spiro atoms. The number of hydrogen-bond donors (Lipinski definition) is 5. The third-order valence-electron chi connectivity index (χ3n) is 11.9. The van der Waals surface area contributed by atoms with Crippen LogP contribution in [-0.2, 0) is 27.7 Å². The van der Waals surface area contributed by atoms with Crippen molar-refractivity contribution in [1.82, 2.24) is 24.5 Å². The maximum absolute atomic E-state index is 13.9. The van der Waals surface area contributed by atoms with Crippen LogP contribution in [0, 0.1) is 17.4 Å². The molecule has 3 aliphatic rings.